The molecular formula is C15H21N3O3. The minimum Gasteiger partial charge on any atom is -0.480 e. The van der Waals surface area contributed by atoms with E-state index in [4.69, 9.17) is 5.11 Å². The number of nitrogens with one attached hydrogen (secondary N) is 1. The Morgan fingerprint density at radius 3 is 2.90 bits per heavy atom. The Morgan fingerprint density at radius 1 is 1.48 bits per heavy atom. The molecule has 0 saturated carbocycles. The molecule has 0 aromatic carbocycles. The van der Waals surface area contributed by atoms with Gasteiger partial charge in [-0.15, -0.1) is 0 Å². The number of anilines is 1. The van der Waals surface area contributed by atoms with Crippen LogP contribution >= 0.6 is 0 Å². The number of carbonyl (C=O) groups is 2. The summed E-state index contributed by atoms with van der Waals surface area (Å²) in [6.07, 6.45) is 1.61. The maximum absolute atomic E-state index is 12.3. The van der Waals surface area contributed by atoms with Crippen molar-refractivity contribution in [3.63, 3.8) is 0 Å². The third kappa shape index (κ3) is 4.01. The van der Waals surface area contributed by atoms with E-state index in [1.807, 2.05) is 24.0 Å². The number of nitrogens with zero attached hydrogens (tertiary/aromatic N) is 2. The van der Waals surface area contributed by atoms with Gasteiger partial charge in [0, 0.05) is 12.2 Å². The summed E-state index contributed by atoms with van der Waals surface area (Å²) < 4.78 is 0. The maximum atomic E-state index is 12.3. The van der Waals surface area contributed by atoms with Gasteiger partial charge in [0.1, 0.15) is 11.9 Å². The molecule has 1 aromatic heterocycles. The first-order valence-electron chi connectivity index (χ1n) is 7.18. The van der Waals surface area contributed by atoms with Gasteiger partial charge in [-0.3, -0.25) is 14.5 Å². The normalized spacial score (nSPS) is 20.8. The van der Waals surface area contributed by atoms with Crippen LogP contribution < -0.4 is 5.32 Å². The van der Waals surface area contributed by atoms with E-state index in [9.17, 15) is 9.59 Å². The van der Waals surface area contributed by atoms with Crippen molar-refractivity contribution in [2.24, 2.45) is 5.92 Å². The molecule has 0 spiro atoms. The number of carboxylic acid groups (broad SMARTS) is 1. The monoisotopic (exact) mass is 291 g/mol. The number of pyridine rings is 1. The largest absolute Gasteiger partial charge is 0.480 e. The summed E-state index contributed by atoms with van der Waals surface area (Å²) in [4.78, 5) is 29.4. The summed E-state index contributed by atoms with van der Waals surface area (Å²) >= 11 is 0. The number of aliphatic carboxylic acids is 1. The van der Waals surface area contributed by atoms with Crippen LogP contribution in [0.5, 0.6) is 0 Å². The number of likely N-dealkylation sites (tertiary alicyclic amines) is 1. The van der Waals surface area contributed by atoms with Gasteiger partial charge in [0.15, 0.2) is 0 Å². The third-order valence-corrected chi connectivity index (χ3v) is 3.87. The van der Waals surface area contributed by atoms with Crippen LogP contribution in [-0.2, 0) is 9.59 Å². The molecule has 1 aliphatic heterocycles. The fourth-order valence-electron chi connectivity index (χ4n) is 2.57. The highest BCUT2D eigenvalue weighted by molar-refractivity contribution is 5.92. The molecule has 1 aliphatic rings. The molecule has 1 aromatic rings. The van der Waals surface area contributed by atoms with Gasteiger partial charge in [0.2, 0.25) is 5.91 Å². The first kappa shape index (κ1) is 15.4. The van der Waals surface area contributed by atoms with E-state index in [0.29, 0.717) is 12.4 Å². The molecular weight excluding hydrogens is 270 g/mol. The molecule has 1 fully saturated rings. The number of carbonyl (C=O) groups excluding carboxylic acids is 1. The fourth-order valence-corrected chi connectivity index (χ4v) is 2.57. The van der Waals surface area contributed by atoms with Crippen LogP contribution in [0.25, 0.3) is 0 Å². The van der Waals surface area contributed by atoms with E-state index in [0.717, 1.165) is 25.1 Å². The minimum atomic E-state index is -0.851. The fraction of sp³-hybridized carbons (Fsp3) is 0.533. The second-order valence-electron chi connectivity index (χ2n) is 5.50. The Kier molecular flexibility index (Phi) is 4.90. The molecule has 0 unspecified atom stereocenters. The van der Waals surface area contributed by atoms with Crippen molar-refractivity contribution < 1.29 is 14.7 Å². The van der Waals surface area contributed by atoms with Crippen LogP contribution in [0.1, 0.15) is 25.5 Å². The summed E-state index contributed by atoms with van der Waals surface area (Å²) in [6.45, 7) is 4.72. The lowest BCUT2D eigenvalue weighted by molar-refractivity contribution is -0.144. The van der Waals surface area contributed by atoms with Gasteiger partial charge in [0.05, 0.1) is 5.92 Å². The highest BCUT2D eigenvalue weighted by Gasteiger charge is 2.30. The van der Waals surface area contributed by atoms with Gasteiger partial charge in [-0.05, 0) is 45.4 Å². The molecule has 2 rings (SSSR count). The van der Waals surface area contributed by atoms with Crippen molar-refractivity contribution in [1.29, 1.82) is 0 Å². The number of hydrogen-bond acceptors (Lipinski definition) is 4. The highest BCUT2D eigenvalue weighted by Crippen LogP contribution is 2.20. The van der Waals surface area contributed by atoms with Crippen LogP contribution in [0.2, 0.25) is 0 Å². The van der Waals surface area contributed by atoms with E-state index in [-0.39, 0.29) is 11.8 Å². The van der Waals surface area contributed by atoms with Crippen molar-refractivity contribution in [2.45, 2.75) is 32.7 Å². The Hall–Kier alpha value is -1.95. The number of rotatable bonds is 4. The number of aromatic nitrogens is 1. The van der Waals surface area contributed by atoms with Gasteiger partial charge >= 0.3 is 5.97 Å². The topological polar surface area (TPSA) is 82.5 Å². The summed E-state index contributed by atoms with van der Waals surface area (Å²) in [5, 5.41) is 11.9. The number of amides is 1. The van der Waals surface area contributed by atoms with Crippen LogP contribution in [0.4, 0.5) is 5.82 Å². The van der Waals surface area contributed by atoms with Crippen molar-refractivity contribution in [1.82, 2.24) is 9.88 Å². The zero-order chi connectivity index (χ0) is 15.4. The Labute approximate surface area is 124 Å². The summed E-state index contributed by atoms with van der Waals surface area (Å²) in [5.41, 5.74) is 0.845. The molecule has 2 atom stereocenters. The molecule has 0 bridgehead atoms. The number of hydrogen-bond donors (Lipinski definition) is 2. The molecule has 1 amide bonds. The van der Waals surface area contributed by atoms with Gasteiger partial charge < -0.3 is 10.4 Å². The SMILES string of the molecule is Cc1cccc(NC(=O)[C@@H]2CCCN([C@@H](C)C(=O)O)C2)n1. The summed E-state index contributed by atoms with van der Waals surface area (Å²) in [6, 6.07) is 4.91. The predicted octanol–water partition coefficient (Wildman–Crippen LogP) is 1.51. The van der Waals surface area contributed by atoms with Crippen molar-refractivity contribution in [2.75, 3.05) is 18.4 Å². The Bertz CT molecular complexity index is 533. The molecule has 6 heteroatoms. The van der Waals surface area contributed by atoms with E-state index in [1.54, 1.807) is 13.0 Å². The second-order valence-corrected chi connectivity index (χ2v) is 5.50. The van der Waals surface area contributed by atoms with Crippen LogP contribution in [0, 0.1) is 12.8 Å². The summed E-state index contributed by atoms with van der Waals surface area (Å²) in [5.74, 6) is -0.585. The van der Waals surface area contributed by atoms with Gasteiger partial charge in [-0.2, -0.15) is 0 Å². The van der Waals surface area contributed by atoms with E-state index in [1.165, 1.54) is 0 Å². The number of carboxylic acids is 1. The lowest BCUT2D eigenvalue weighted by atomic mass is 9.96. The van der Waals surface area contributed by atoms with Crippen molar-refractivity contribution >= 4 is 17.7 Å². The predicted molar refractivity (Wildman–Crippen MR) is 79.0 cm³/mol. The van der Waals surface area contributed by atoms with E-state index in [2.05, 4.69) is 10.3 Å². The van der Waals surface area contributed by atoms with Crippen LogP contribution in [-0.4, -0.2) is 46.0 Å². The summed E-state index contributed by atoms with van der Waals surface area (Å²) in [7, 11) is 0. The smallest absolute Gasteiger partial charge is 0.320 e. The van der Waals surface area contributed by atoms with Crippen molar-refractivity contribution in [3.05, 3.63) is 23.9 Å². The van der Waals surface area contributed by atoms with E-state index >= 15 is 0 Å². The van der Waals surface area contributed by atoms with E-state index < -0.39 is 12.0 Å². The minimum absolute atomic E-state index is 0.0876. The molecule has 0 radical (unpaired) electrons. The zero-order valence-electron chi connectivity index (χ0n) is 12.4. The lowest BCUT2D eigenvalue weighted by Gasteiger charge is -2.34. The van der Waals surface area contributed by atoms with Crippen LogP contribution in [0.3, 0.4) is 0 Å². The quantitative estimate of drug-likeness (QED) is 0.878. The Balaban J connectivity index is 1.97. The lowest BCUT2D eigenvalue weighted by Crippen LogP contribution is -2.47. The average molecular weight is 291 g/mol. The molecule has 21 heavy (non-hydrogen) atoms. The molecule has 0 aliphatic carbocycles. The Morgan fingerprint density at radius 2 is 2.24 bits per heavy atom. The molecule has 2 N–H and O–H groups in total. The number of aryl methyl sites for hydroxylation is 1. The van der Waals surface area contributed by atoms with Gasteiger partial charge in [0.25, 0.3) is 0 Å². The van der Waals surface area contributed by atoms with Crippen LogP contribution in [0.15, 0.2) is 18.2 Å². The molecule has 6 nitrogen and oxygen atoms in total. The third-order valence-electron chi connectivity index (χ3n) is 3.87. The van der Waals surface area contributed by atoms with Gasteiger partial charge in [-0.25, -0.2) is 4.98 Å². The first-order chi connectivity index (χ1) is 9.97. The van der Waals surface area contributed by atoms with Crippen molar-refractivity contribution in [3.8, 4) is 0 Å². The average Bonchev–Trinajstić information content (AvgIpc) is 2.46. The molecule has 1 saturated heterocycles. The number of piperidine rings is 1. The molecule has 2 heterocycles. The van der Waals surface area contributed by atoms with Gasteiger partial charge in [-0.1, -0.05) is 6.07 Å². The highest BCUT2D eigenvalue weighted by atomic mass is 16.4. The second kappa shape index (κ2) is 6.67. The zero-order valence-corrected chi connectivity index (χ0v) is 12.4. The maximum Gasteiger partial charge on any atom is 0.320 e. The standard InChI is InChI=1S/C15H21N3O3/c1-10-5-3-7-13(16-10)17-14(19)12-6-4-8-18(9-12)11(2)15(20)21/h3,5,7,11-12H,4,6,8-9H2,1-2H3,(H,20,21)(H,16,17,19)/t11-,12+/m0/s1. The molecule has 114 valence electrons. The first-order valence-corrected chi connectivity index (χ1v) is 7.18.